The number of amides is 2. The highest BCUT2D eigenvalue weighted by atomic mass is 16.2. The number of nitrogens with zero attached hydrogens (tertiary/aromatic N) is 3. The van der Waals surface area contributed by atoms with E-state index in [1.54, 1.807) is 0 Å². The van der Waals surface area contributed by atoms with Crippen molar-refractivity contribution in [1.29, 1.82) is 0 Å². The molecule has 1 fully saturated rings. The minimum absolute atomic E-state index is 0.0509. The first kappa shape index (κ1) is 27.2. The minimum atomic E-state index is -0.468. The standard InChI is InChI=1S/C31H36N6O3/c1-18-6-7-19(2)23(14-18)28(38)33-15-20-8-10-21(11-9-20)24-17-37(26-25(24)27(32)34-35-29(26)39)22-12-13-36(16-22)30(40)31(3,4)5/h6-11,14,17,22H,12-13,15-16H2,1-5H3,(H2,32,34)(H,33,38)(H,35,39)/t22-/m1/s1. The van der Waals surface area contributed by atoms with E-state index in [0.717, 1.165) is 34.2 Å². The monoisotopic (exact) mass is 540 g/mol. The number of nitrogens with one attached hydrogen (secondary N) is 2. The number of aromatic amines is 1. The molecule has 40 heavy (non-hydrogen) atoms. The number of H-pyrrole nitrogens is 1. The number of aryl methyl sites for hydroxylation is 2. The third-order valence-electron chi connectivity index (χ3n) is 7.62. The van der Waals surface area contributed by atoms with Gasteiger partial charge in [0.1, 0.15) is 5.52 Å². The number of hydrogen-bond acceptors (Lipinski definition) is 5. The van der Waals surface area contributed by atoms with Crippen LogP contribution in [-0.4, -0.2) is 44.6 Å². The smallest absolute Gasteiger partial charge is 0.288 e. The predicted octanol–water partition coefficient (Wildman–Crippen LogP) is 4.34. The average Bonchev–Trinajstić information content (AvgIpc) is 3.56. The molecule has 0 bridgehead atoms. The maximum atomic E-state index is 13.0. The zero-order valence-corrected chi connectivity index (χ0v) is 23.7. The van der Waals surface area contributed by atoms with Gasteiger partial charge in [0.15, 0.2) is 5.82 Å². The number of benzene rings is 2. The number of rotatable bonds is 5. The number of anilines is 1. The third kappa shape index (κ3) is 5.11. The molecule has 5 rings (SSSR count). The molecular formula is C31H36N6O3. The second kappa shape index (κ2) is 10.3. The second-order valence-corrected chi connectivity index (χ2v) is 11.8. The van der Waals surface area contributed by atoms with Gasteiger partial charge in [-0.2, -0.15) is 5.10 Å². The van der Waals surface area contributed by atoms with Gasteiger partial charge in [0.05, 0.1) is 11.4 Å². The molecule has 1 aliphatic heterocycles. The summed E-state index contributed by atoms with van der Waals surface area (Å²) < 4.78 is 1.95. The van der Waals surface area contributed by atoms with Crippen LogP contribution in [0.2, 0.25) is 0 Å². The lowest BCUT2D eigenvalue weighted by Crippen LogP contribution is -2.38. The highest BCUT2D eigenvalue weighted by Crippen LogP contribution is 2.36. The van der Waals surface area contributed by atoms with Crippen molar-refractivity contribution >= 4 is 28.5 Å². The molecule has 0 unspecified atom stereocenters. The summed E-state index contributed by atoms with van der Waals surface area (Å²) in [7, 11) is 0. The van der Waals surface area contributed by atoms with E-state index in [-0.39, 0.29) is 29.2 Å². The van der Waals surface area contributed by atoms with Gasteiger partial charge in [-0.1, -0.05) is 62.7 Å². The first-order valence-corrected chi connectivity index (χ1v) is 13.6. The Hall–Kier alpha value is -4.40. The van der Waals surface area contributed by atoms with Gasteiger partial charge in [0.25, 0.3) is 11.5 Å². The van der Waals surface area contributed by atoms with E-state index >= 15 is 0 Å². The maximum absolute atomic E-state index is 13.0. The molecule has 1 saturated heterocycles. The lowest BCUT2D eigenvalue weighted by molar-refractivity contribution is -0.138. The number of fused-ring (bicyclic) bond motifs is 1. The number of nitrogens with two attached hydrogens (primary N) is 1. The first-order valence-electron chi connectivity index (χ1n) is 13.6. The van der Waals surface area contributed by atoms with Crippen molar-refractivity contribution in [3.8, 4) is 11.1 Å². The number of nitrogen functional groups attached to an aromatic ring is 1. The summed E-state index contributed by atoms with van der Waals surface area (Å²) in [4.78, 5) is 40.5. The Balaban J connectivity index is 1.41. The van der Waals surface area contributed by atoms with Crippen molar-refractivity contribution in [3.63, 3.8) is 0 Å². The largest absolute Gasteiger partial charge is 0.382 e. The summed E-state index contributed by atoms with van der Waals surface area (Å²) in [5.74, 6) is 0.234. The molecule has 0 aliphatic carbocycles. The topological polar surface area (TPSA) is 126 Å². The van der Waals surface area contributed by atoms with Crippen molar-refractivity contribution in [3.05, 3.63) is 81.3 Å². The fraction of sp³-hybridized carbons (Fsp3) is 0.355. The van der Waals surface area contributed by atoms with Gasteiger partial charge < -0.3 is 20.5 Å². The van der Waals surface area contributed by atoms with E-state index in [2.05, 4.69) is 15.5 Å². The van der Waals surface area contributed by atoms with Gasteiger partial charge in [-0.15, -0.1) is 0 Å². The molecule has 1 atom stereocenters. The zero-order valence-electron chi connectivity index (χ0n) is 23.7. The molecule has 3 heterocycles. The van der Waals surface area contributed by atoms with E-state index in [0.29, 0.717) is 36.1 Å². The number of hydrogen-bond donors (Lipinski definition) is 3. The van der Waals surface area contributed by atoms with Crippen LogP contribution in [0.1, 0.15) is 60.3 Å². The van der Waals surface area contributed by atoms with Crippen LogP contribution in [0.25, 0.3) is 22.0 Å². The molecule has 0 radical (unpaired) electrons. The first-order chi connectivity index (χ1) is 18.9. The number of likely N-dealkylation sites (tertiary alicyclic amines) is 1. The van der Waals surface area contributed by atoms with Crippen LogP contribution in [-0.2, 0) is 11.3 Å². The van der Waals surface area contributed by atoms with Crippen molar-refractivity contribution in [1.82, 2.24) is 25.0 Å². The Bertz CT molecular complexity index is 1660. The molecule has 4 aromatic rings. The average molecular weight is 541 g/mol. The molecule has 0 spiro atoms. The lowest BCUT2D eigenvalue weighted by atomic mass is 9.95. The van der Waals surface area contributed by atoms with Crippen LogP contribution in [0, 0.1) is 19.3 Å². The van der Waals surface area contributed by atoms with Crippen LogP contribution in [0.15, 0.2) is 53.5 Å². The quantitative estimate of drug-likeness (QED) is 0.347. The Morgan fingerprint density at radius 2 is 1.85 bits per heavy atom. The molecule has 208 valence electrons. The van der Waals surface area contributed by atoms with Crippen LogP contribution in [0.5, 0.6) is 0 Å². The molecule has 4 N–H and O–H groups in total. The zero-order chi connectivity index (χ0) is 28.8. The minimum Gasteiger partial charge on any atom is -0.382 e. The van der Waals surface area contributed by atoms with Gasteiger partial charge in [-0.05, 0) is 43.0 Å². The molecular weight excluding hydrogens is 504 g/mol. The number of aromatic nitrogens is 3. The van der Waals surface area contributed by atoms with Gasteiger partial charge in [-0.3, -0.25) is 14.4 Å². The van der Waals surface area contributed by atoms with E-state index in [9.17, 15) is 14.4 Å². The highest BCUT2D eigenvalue weighted by Gasteiger charge is 2.34. The number of carbonyl (C=O) groups excluding carboxylic acids is 2. The van der Waals surface area contributed by atoms with Crippen LogP contribution < -0.4 is 16.6 Å². The van der Waals surface area contributed by atoms with Crippen molar-refractivity contribution in [2.45, 2.75) is 53.6 Å². The van der Waals surface area contributed by atoms with Crippen LogP contribution >= 0.6 is 0 Å². The Labute approximate surface area is 233 Å². The summed E-state index contributed by atoms with van der Waals surface area (Å²) in [6.07, 6.45) is 2.69. The van der Waals surface area contributed by atoms with E-state index in [4.69, 9.17) is 5.73 Å². The molecule has 2 aromatic carbocycles. The fourth-order valence-corrected chi connectivity index (χ4v) is 5.43. The lowest BCUT2D eigenvalue weighted by Gasteiger charge is -2.25. The van der Waals surface area contributed by atoms with Gasteiger partial charge in [-0.25, -0.2) is 5.10 Å². The second-order valence-electron chi connectivity index (χ2n) is 11.8. The maximum Gasteiger partial charge on any atom is 0.288 e. The Kier molecular flexibility index (Phi) is 6.99. The van der Waals surface area contributed by atoms with Gasteiger partial charge in [0.2, 0.25) is 5.91 Å². The molecule has 2 aromatic heterocycles. The molecule has 9 nitrogen and oxygen atoms in total. The van der Waals surface area contributed by atoms with Crippen molar-refractivity contribution in [2.24, 2.45) is 5.41 Å². The highest BCUT2D eigenvalue weighted by molar-refractivity contribution is 6.02. The normalized spacial score (nSPS) is 15.5. The fourth-order valence-electron chi connectivity index (χ4n) is 5.43. The third-order valence-corrected chi connectivity index (χ3v) is 7.62. The molecule has 9 heteroatoms. The Morgan fingerprint density at radius 1 is 1.12 bits per heavy atom. The molecule has 0 saturated carbocycles. The van der Waals surface area contributed by atoms with E-state index in [1.807, 2.05) is 92.7 Å². The predicted molar refractivity (Wildman–Crippen MR) is 157 cm³/mol. The summed E-state index contributed by atoms with van der Waals surface area (Å²) in [5.41, 5.74) is 11.2. The summed E-state index contributed by atoms with van der Waals surface area (Å²) in [6, 6.07) is 13.6. The van der Waals surface area contributed by atoms with E-state index < -0.39 is 5.41 Å². The van der Waals surface area contributed by atoms with Crippen LogP contribution in [0.4, 0.5) is 5.82 Å². The Morgan fingerprint density at radius 3 is 2.55 bits per heavy atom. The molecule has 2 amide bonds. The van der Waals surface area contributed by atoms with Crippen LogP contribution in [0.3, 0.4) is 0 Å². The SMILES string of the molecule is Cc1ccc(C)c(C(=O)NCc2ccc(-c3cn([C@@H]4CCN(C(=O)C(C)(C)C)C4)c4c(=O)[nH]nc(N)c34)cc2)c1. The van der Waals surface area contributed by atoms with E-state index in [1.165, 1.54) is 0 Å². The van der Waals surface area contributed by atoms with Gasteiger partial charge in [0, 0.05) is 42.4 Å². The molecule has 1 aliphatic rings. The van der Waals surface area contributed by atoms with Crippen molar-refractivity contribution < 1.29 is 9.59 Å². The van der Waals surface area contributed by atoms with Crippen molar-refractivity contribution in [2.75, 3.05) is 18.8 Å². The van der Waals surface area contributed by atoms with Gasteiger partial charge >= 0.3 is 0 Å². The summed E-state index contributed by atoms with van der Waals surface area (Å²) >= 11 is 0. The summed E-state index contributed by atoms with van der Waals surface area (Å²) in [6.45, 7) is 11.2. The summed E-state index contributed by atoms with van der Waals surface area (Å²) in [5, 5.41) is 10.1. The number of carbonyl (C=O) groups is 2.